The van der Waals surface area contributed by atoms with Crippen molar-refractivity contribution in [1.29, 1.82) is 0 Å². The highest BCUT2D eigenvalue weighted by atomic mass is 16.2. The van der Waals surface area contributed by atoms with Gasteiger partial charge in [0.15, 0.2) is 11.2 Å². The Labute approximate surface area is 174 Å². The van der Waals surface area contributed by atoms with Crippen molar-refractivity contribution in [3.63, 3.8) is 0 Å². The van der Waals surface area contributed by atoms with Gasteiger partial charge in [-0.3, -0.25) is 23.3 Å². The molecule has 160 valence electrons. The van der Waals surface area contributed by atoms with E-state index >= 15 is 0 Å². The molecule has 2 N–H and O–H groups in total. The van der Waals surface area contributed by atoms with E-state index in [1.54, 1.807) is 18.5 Å². The number of hydrogen-bond donors (Lipinski definition) is 2. The zero-order valence-corrected chi connectivity index (χ0v) is 18.1. The van der Waals surface area contributed by atoms with Crippen molar-refractivity contribution >= 4 is 23.0 Å². The van der Waals surface area contributed by atoms with Crippen LogP contribution in [-0.2, 0) is 25.4 Å². The third kappa shape index (κ3) is 4.00. The molecule has 30 heavy (non-hydrogen) atoms. The first-order chi connectivity index (χ1) is 14.2. The van der Waals surface area contributed by atoms with Crippen LogP contribution in [0.3, 0.4) is 0 Å². The number of rotatable bonds is 7. The lowest BCUT2D eigenvalue weighted by molar-refractivity contribution is -0.120. The molecule has 0 radical (unpaired) electrons. The van der Waals surface area contributed by atoms with Crippen molar-refractivity contribution in [1.82, 2.24) is 24.0 Å². The number of imidazole rings is 1. The molecule has 0 spiro atoms. The highest BCUT2D eigenvalue weighted by molar-refractivity contribution is 5.76. The third-order valence-corrected chi connectivity index (χ3v) is 5.23. The standard InChI is InChI=1S/C21H28N6O3/c1-6-16(28)22-9-10-23-20-24-18-17(19(29)26(5)21(30)25(18)4)27(20)12-15-11-13(2)7-8-14(15)3/h7-8,11H,6,9-10,12H2,1-5H3,(H,22,28)(H,23,24). The molecular formula is C21H28N6O3. The minimum atomic E-state index is -0.425. The first-order valence-electron chi connectivity index (χ1n) is 9.97. The summed E-state index contributed by atoms with van der Waals surface area (Å²) in [7, 11) is 3.07. The van der Waals surface area contributed by atoms with Crippen LogP contribution in [-0.4, -0.2) is 37.7 Å². The summed E-state index contributed by atoms with van der Waals surface area (Å²) in [6.45, 7) is 7.14. The van der Waals surface area contributed by atoms with Crippen LogP contribution in [0, 0.1) is 13.8 Å². The highest BCUT2D eigenvalue weighted by Crippen LogP contribution is 2.20. The number of nitrogens with one attached hydrogen (secondary N) is 2. The summed E-state index contributed by atoms with van der Waals surface area (Å²) in [4.78, 5) is 41.3. The van der Waals surface area contributed by atoms with Gasteiger partial charge in [0.2, 0.25) is 11.9 Å². The Morgan fingerprint density at radius 1 is 1.10 bits per heavy atom. The van der Waals surface area contributed by atoms with Crippen LogP contribution in [0.5, 0.6) is 0 Å². The fourth-order valence-electron chi connectivity index (χ4n) is 3.38. The summed E-state index contributed by atoms with van der Waals surface area (Å²) in [6, 6.07) is 6.17. The average Bonchev–Trinajstić information content (AvgIpc) is 3.08. The number of hydrogen-bond acceptors (Lipinski definition) is 5. The van der Waals surface area contributed by atoms with Gasteiger partial charge < -0.3 is 10.6 Å². The van der Waals surface area contributed by atoms with Gasteiger partial charge >= 0.3 is 5.69 Å². The number of aryl methyl sites for hydroxylation is 3. The molecule has 0 fully saturated rings. The second kappa shape index (κ2) is 8.56. The minimum Gasteiger partial charge on any atom is -0.354 e. The number of amides is 1. The number of benzene rings is 1. The largest absolute Gasteiger partial charge is 0.354 e. The van der Waals surface area contributed by atoms with E-state index in [1.807, 2.05) is 26.0 Å². The molecule has 0 saturated carbocycles. The molecule has 1 amide bonds. The van der Waals surface area contributed by atoms with Crippen molar-refractivity contribution in [2.45, 2.75) is 33.7 Å². The molecule has 9 heteroatoms. The van der Waals surface area contributed by atoms with Crippen LogP contribution < -0.4 is 21.9 Å². The number of fused-ring (bicyclic) bond motifs is 1. The number of carbonyl (C=O) groups is 1. The molecule has 1 aromatic carbocycles. The quantitative estimate of drug-likeness (QED) is 0.565. The molecule has 0 bridgehead atoms. The van der Waals surface area contributed by atoms with Crippen molar-refractivity contribution in [3.05, 3.63) is 55.7 Å². The van der Waals surface area contributed by atoms with Crippen molar-refractivity contribution in [2.24, 2.45) is 14.1 Å². The maximum atomic E-state index is 12.9. The molecule has 0 atom stereocenters. The van der Waals surface area contributed by atoms with Crippen molar-refractivity contribution in [3.8, 4) is 0 Å². The smallest absolute Gasteiger partial charge is 0.332 e. The van der Waals surface area contributed by atoms with Crippen LogP contribution in [0.4, 0.5) is 5.95 Å². The summed E-state index contributed by atoms with van der Waals surface area (Å²) in [5.41, 5.74) is 3.16. The molecular weight excluding hydrogens is 384 g/mol. The second-order valence-electron chi connectivity index (χ2n) is 7.46. The lowest BCUT2D eigenvalue weighted by Gasteiger charge is -2.13. The topological polar surface area (TPSA) is 103 Å². The highest BCUT2D eigenvalue weighted by Gasteiger charge is 2.19. The minimum absolute atomic E-state index is 0.0306. The van der Waals surface area contributed by atoms with E-state index in [9.17, 15) is 14.4 Å². The molecule has 0 aliphatic carbocycles. The Hall–Kier alpha value is -3.36. The SMILES string of the molecule is CCC(=O)NCCNc1nc2c(c(=O)n(C)c(=O)n2C)n1Cc1cc(C)ccc1C. The van der Waals surface area contributed by atoms with Crippen LogP contribution in [0.1, 0.15) is 30.0 Å². The van der Waals surface area contributed by atoms with Gasteiger partial charge in [-0.15, -0.1) is 0 Å². The zero-order valence-electron chi connectivity index (χ0n) is 18.1. The number of nitrogens with zero attached hydrogens (tertiary/aromatic N) is 4. The van der Waals surface area contributed by atoms with E-state index in [4.69, 9.17) is 0 Å². The third-order valence-electron chi connectivity index (χ3n) is 5.23. The van der Waals surface area contributed by atoms with Crippen molar-refractivity contribution in [2.75, 3.05) is 18.4 Å². The molecule has 0 aliphatic rings. The molecule has 3 rings (SSSR count). The van der Waals surface area contributed by atoms with Gasteiger partial charge in [-0.1, -0.05) is 30.7 Å². The number of aromatic nitrogens is 4. The van der Waals surface area contributed by atoms with Crippen LogP contribution in [0.2, 0.25) is 0 Å². The Morgan fingerprint density at radius 3 is 2.53 bits per heavy atom. The van der Waals surface area contributed by atoms with Gasteiger partial charge in [0, 0.05) is 33.6 Å². The molecule has 0 saturated heterocycles. The fraction of sp³-hybridized carbons (Fsp3) is 0.429. The maximum Gasteiger partial charge on any atom is 0.332 e. The Morgan fingerprint density at radius 2 is 1.83 bits per heavy atom. The second-order valence-corrected chi connectivity index (χ2v) is 7.46. The van der Waals surface area contributed by atoms with Crippen molar-refractivity contribution < 1.29 is 4.79 Å². The Kier molecular flexibility index (Phi) is 6.09. The van der Waals surface area contributed by atoms with Gasteiger partial charge in [0.1, 0.15) is 0 Å². The summed E-state index contributed by atoms with van der Waals surface area (Å²) < 4.78 is 4.27. The van der Waals surface area contributed by atoms with Gasteiger partial charge in [-0.25, -0.2) is 4.79 Å². The van der Waals surface area contributed by atoms with Gasteiger partial charge in [-0.05, 0) is 25.0 Å². The van der Waals surface area contributed by atoms with E-state index in [1.165, 1.54) is 11.6 Å². The lowest BCUT2D eigenvalue weighted by Crippen LogP contribution is -2.37. The molecule has 0 unspecified atom stereocenters. The molecule has 3 aromatic rings. The first kappa shape index (κ1) is 21.4. The summed E-state index contributed by atoms with van der Waals surface area (Å²) in [6.07, 6.45) is 0.420. The van der Waals surface area contributed by atoms with E-state index in [2.05, 4.69) is 21.7 Å². The van der Waals surface area contributed by atoms with E-state index in [0.717, 1.165) is 21.3 Å². The van der Waals surface area contributed by atoms with Gasteiger partial charge in [-0.2, -0.15) is 4.98 Å². The zero-order chi connectivity index (χ0) is 22.0. The first-order valence-corrected chi connectivity index (χ1v) is 9.97. The molecule has 2 heterocycles. The Bertz CT molecular complexity index is 1220. The predicted octanol–water partition coefficient (Wildman–Crippen LogP) is 1.04. The monoisotopic (exact) mass is 412 g/mol. The van der Waals surface area contributed by atoms with E-state index < -0.39 is 11.2 Å². The van der Waals surface area contributed by atoms with Gasteiger partial charge in [0.05, 0.1) is 6.54 Å². The van der Waals surface area contributed by atoms with Gasteiger partial charge in [0.25, 0.3) is 5.56 Å². The average molecular weight is 412 g/mol. The number of anilines is 1. The fourth-order valence-corrected chi connectivity index (χ4v) is 3.38. The summed E-state index contributed by atoms with van der Waals surface area (Å²) in [5.74, 6) is 0.451. The van der Waals surface area contributed by atoms with E-state index in [-0.39, 0.29) is 5.91 Å². The summed E-state index contributed by atoms with van der Waals surface area (Å²) >= 11 is 0. The van der Waals surface area contributed by atoms with Crippen LogP contribution in [0.15, 0.2) is 27.8 Å². The predicted molar refractivity (Wildman–Crippen MR) is 117 cm³/mol. The molecule has 9 nitrogen and oxygen atoms in total. The van der Waals surface area contributed by atoms with Crippen LogP contribution >= 0.6 is 0 Å². The lowest BCUT2D eigenvalue weighted by atomic mass is 10.1. The van der Waals surface area contributed by atoms with Crippen LogP contribution in [0.25, 0.3) is 11.2 Å². The normalized spacial score (nSPS) is 11.1. The maximum absolute atomic E-state index is 12.9. The molecule has 0 aliphatic heterocycles. The summed E-state index contributed by atoms with van der Waals surface area (Å²) in [5, 5.41) is 6.01. The Balaban J connectivity index is 2.09. The number of carbonyl (C=O) groups excluding carboxylic acids is 1. The molecule has 2 aromatic heterocycles. The van der Waals surface area contributed by atoms with E-state index in [0.29, 0.717) is 43.2 Å².